The molecule has 116 valence electrons. The summed E-state index contributed by atoms with van der Waals surface area (Å²) in [5, 5.41) is -0.274. The molecule has 0 saturated carbocycles. The van der Waals surface area contributed by atoms with Crippen molar-refractivity contribution in [3.8, 4) is 5.88 Å². The average molecular weight is 315 g/mol. The minimum atomic E-state index is -0.274. The van der Waals surface area contributed by atoms with Crippen molar-refractivity contribution in [1.29, 1.82) is 0 Å². The van der Waals surface area contributed by atoms with Gasteiger partial charge in [0.25, 0.3) is 0 Å². The minimum absolute atomic E-state index is 0.123. The molecule has 0 aliphatic rings. The first kappa shape index (κ1) is 15.9. The molecule has 0 N–H and O–H groups in total. The standard InChI is InChI=1S/C13H19ClN4O3/c1-8(14)11-17-10-12(15-7-16-13(10)21-4)18(11)5-9(20-3)6-19-2/h7-9H,5-6H2,1-4H3. The van der Waals surface area contributed by atoms with Crippen molar-refractivity contribution in [2.24, 2.45) is 0 Å². The van der Waals surface area contributed by atoms with Gasteiger partial charge in [-0.05, 0) is 6.92 Å². The Hall–Kier alpha value is -1.44. The van der Waals surface area contributed by atoms with E-state index in [2.05, 4.69) is 15.0 Å². The first-order valence-corrected chi connectivity index (χ1v) is 6.96. The van der Waals surface area contributed by atoms with Gasteiger partial charge in [-0.2, -0.15) is 4.98 Å². The topological polar surface area (TPSA) is 71.3 Å². The van der Waals surface area contributed by atoms with Crippen LogP contribution in [0.4, 0.5) is 0 Å². The summed E-state index contributed by atoms with van der Waals surface area (Å²) in [7, 11) is 4.82. The lowest BCUT2D eigenvalue weighted by molar-refractivity contribution is 0.0184. The summed E-state index contributed by atoms with van der Waals surface area (Å²) in [5.74, 6) is 1.13. The zero-order valence-corrected chi connectivity index (χ0v) is 13.3. The molecular formula is C13H19ClN4O3. The molecule has 2 unspecified atom stereocenters. The maximum absolute atomic E-state index is 6.23. The number of halogens is 1. The molecule has 0 bridgehead atoms. The van der Waals surface area contributed by atoms with Gasteiger partial charge in [0.1, 0.15) is 12.2 Å². The van der Waals surface area contributed by atoms with Crippen LogP contribution in [0.1, 0.15) is 18.1 Å². The van der Waals surface area contributed by atoms with Crippen LogP contribution in [0.5, 0.6) is 5.88 Å². The van der Waals surface area contributed by atoms with Gasteiger partial charge in [0.2, 0.25) is 5.88 Å². The van der Waals surface area contributed by atoms with Crippen LogP contribution in [0.15, 0.2) is 6.33 Å². The summed E-state index contributed by atoms with van der Waals surface area (Å²) < 4.78 is 17.7. The molecule has 0 aliphatic carbocycles. The molecule has 2 aromatic rings. The van der Waals surface area contributed by atoms with Crippen LogP contribution < -0.4 is 4.74 Å². The van der Waals surface area contributed by atoms with Gasteiger partial charge in [-0.3, -0.25) is 0 Å². The molecule has 21 heavy (non-hydrogen) atoms. The number of alkyl halides is 1. The van der Waals surface area contributed by atoms with Crippen LogP contribution in [0.2, 0.25) is 0 Å². The average Bonchev–Trinajstić information content (AvgIpc) is 2.85. The summed E-state index contributed by atoms with van der Waals surface area (Å²) in [6.45, 7) is 2.86. The number of methoxy groups -OCH3 is 3. The van der Waals surface area contributed by atoms with E-state index in [1.807, 2.05) is 11.5 Å². The zero-order chi connectivity index (χ0) is 15.4. The van der Waals surface area contributed by atoms with Crippen LogP contribution >= 0.6 is 11.6 Å². The molecule has 0 fully saturated rings. The van der Waals surface area contributed by atoms with Gasteiger partial charge in [-0.25, -0.2) is 9.97 Å². The summed E-state index contributed by atoms with van der Waals surface area (Å²) >= 11 is 6.23. The van der Waals surface area contributed by atoms with E-state index < -0.39 is 0 Å². The molecule has 0 spiro atoms. The van der Waals surface area contributed by atoms with Gasteiger partial charge in [0.15, 0.2) is 11.2 Å². The molecule has 2 heterocycles. The lowest BCUT2D eigenvalue weighted by atomic mass is 10.3. The van der Waals surface area contributed by atoms with Crippen molar-refractivity contribution < 1.29 is 14.2 Å². The number of rotatable bonds is 7. The lowest BCUT2D eigenvalue weighted by Gasteiger charge is -2.17. The van der Waals surface area contributed by atoms with Gasteiger partial charge in [0, 0.05) is 14.2 Å². The normalized spacial score (nSPS) is 14.3. The van der Waals surface area contributed by atoms with Gasteiger partial charge in [-0.15, -0.1) is 11.6 Å². The molecule has 8 heteroatoms. The second kappa shape index (κ2) is 7.02. The molecular weight excluding hydrogens is 296 g/mol. The fourth-order valence-electron chi connectivity index (χ4n) is 2.15. The first-order chi connectivity index (χ1) is 10.1. The van der Waals surface area contributed by atoms with E-state index in [0.717, 1.165) is 0 Å². The zero-order valence-electron chi connectivity index (χ0n) is 12.5. The van der Waals surface area contributed by atoms with E-state index >= 15 is 0 Å². The number of ether oxygens (including phenoxy) is 3. The number of hydrogen-bond acceptors (Lipinski definition) is 6. The van der Waals surface area contributed by atoms with Crippen molar-refractivity contribution in [3.05, 3.63) is 12.2 Å². The highest BCUT2D eigenvalue weighted by Gasteiger charge is 2.21. The summed E-state index contributed by atoms with van der Waals surface area (Å²) in [4.78, 5) is 12.9. The number of nitrogens with zero attached hydrogens (tertiary/aromatic N) is 4. The number of imidazole rings is 1. The van der Waals surface area contributed by atoms with E-state index in [0.29, 0.717) is 36.0 Å². The van der Waals surface area contributed by atoms with Crippen LogP contribution in [0.25, 0.3) is 11.2 Å². The molecule has 2 atom stereocenters. The Morgan fingerprint density at radius 2 is 2.05 bits per heavy atom. The Morgan fingerprint density at radius 3 is 2.62 bits per heavy atom. The second-order valence-corrected chi connectivity index (χ2v) is 5.22. The lowest BCUT2D eigenvalue weighted by Crippen LogP contribution is -2.25. The predicted molar refractivity (Wildman–Crippen MR) is 78.8 cm³/mol. The van der Waals surface area contributed by atoms with Crippen LogP contribution in [0.3, 0.4) is 0 Å². The number of hydrogen-bond donors (Lipinski definition) is 0. The quantitative estimate of drug-likeness (QED) is 0.726. The van der Waals surface area contributed by atoms with Crippen molar-refractivity contribution in [1.82, 2.24) is 19.5 Å². The molecule has 7 nitrogen and oxygen atoms in total. The molecule has 0 radical (unpaired) electrons. The highest BCUT2D eigenvalue weighted by atomic mass is 35.5. The van der Waals surface area contributed by atoms with Gasteiger partial charge in [-0.1, -0.05) is 0 Å². The highest BCUT2D eigenvalue weighted by Crippen LogP contribution is 2.27. The van der Waals surface area contributed by atoms with Gasteiger partial charge < -0.3 is 18.8 Å². The van der Waals surface area contributed by atoms with Crippen LogP contribution in [-0.4, -0.2) is 53.6 Å². The minimum Gasteiger partial charge on any atom is -0.479 e. The Labute approximate surface area is 128 Å². The van der Waals surface area contributed by atoms with E-state index in [1.54, 1.807) is 21.3 Å². The Balaban J connectivity index is 2.51. The molecule has 0 aliphatic heterocycles. The molecule has 0 aromatic carbocycles. The van der Waals surface area contributed by atoms with Gasteiger partial charge >= 0.3 is 0 Å². The third-order valence-electron chi connectivity index (χ3n) is 3.15. The number of fused-ring (bicyclic) bond motifs is 1. The smallest absolute Gasteiger partial charge is 0.245 e. The fourth-order valence-corrected chi connectivity index (χ4v) is 2.32. The van der Waals surface area contributed by atoms with Crippen molar-refractivity contribution in [2.75, 3.05) is 27.9 Å². The molecule has 2 rings (SSSR count). The van der Waals surface area contributed by atoms with Crippen molar-refractivity contribution >= 4 is 22.8 Å². The second-order valence-electron chi connectivity index (χ2n) is 4.56. The van der Waals surface area contributed by atoms with Crippen molar-refractivity contribution in [3.63, 3.8) is 0 Å². The fraction of sp³-hybridized carbons (Fsp3) is 0.615. The molecule has 2 aromatic heterocycles. The van der Waals surface area contributed by atoms with E-state index in [1.165, 1.54) is 6.33 Å². The maximum atomic E-state index is 6.23. The predicted octanol–water partition coefficient (Wildman–Crippen LogP) is 1.80. The Morgan fingerprint density at radius 1 is 1.29 bits per heavy atom. The SMILES string of the molecule is COCC(Cn1c(C(C)Cl)nc2c(OC)ncnc21)OC. The van der Waals surface area contributed by atoms with Crippen LogP contribution in [0, 0.1) is 0 Å². The van der Waals surface area contributed by atoms with E-state index in [-0.39, 0.29) is 11.5 Å². The van der Waals surface area contributed by atoms with Gasteiger partial charge in [0.05, 0.1) is 31.7 Å². The Kier molecular flexibility index (Phi) is 5.33. The third-order valence-corrected chi connectivity index (χ3v) is 3.34. The molecule has 0 amide bonds. The molecule has 0 saturated heterocycles. The highest BCUT2D eigenvalue weighted by molar-refractivity contribution is 6.20. The van der Waals surface area contributed by atoms with Crippen LogP contribution in [-0.2, 0) is 16.0 Å². The summed E-state index contributed by atoms with van der Waals surface area (Å²) in [6.07, 6.45) is 1.32. The first-order valence-electron chi connectivity index (χ1n) is 6.53. The largest absolute Gasteiger partial charge is 0.479 e. The van der Waals surface area contributed by atoms with E-state index in [4.69, 9.17) is 25.8 Å². The number of aromatic nitrogens is 4. The summed E-state index contributed by atoms with van der Waals surface area (Å²) in [5.41, 5.74) is 1.26. The maximum Gasteiger partial charge on any atom is 0.245 e. The van der Waals surface area contributed by atoms with E-state index in [9.17, 15) is 0 Å². The van der Waals surface area contributed by atoms with Crippen molar-refractivity contribution in [2.45, 2.75) is 24.9 Å². The monoisotopic (exact) mass is 314 g/mol. The Bertz CT molecular complexity index is 602. The third kappa shape index (κ3) is 3.25. The summed E-state index contributed by atoms with van der Waals surface area (Å²) in [6, 6.07) is 0.